The van der Waals surface area contributed by atoms with Crippen molar-refractivity contribution in [3.63, 3.8) is 0 Å². The van der Waals surface area contributed by atoms with Crippen LogP contribution in [0.3, 0.4) is 0 Å². The molecule has 0 aliphatic carbocycles. The fourth-order valence-corrected chi connectivity index (χ4v) is 5.25. The van der Waals surface area contributed by atoms with Gasteiger partial charge in [-0.2, -0.15) is 0 Å². The summed E-state index contributed by atoms with van der Waals surface area (Å²) in [4.78, 5) is 0. The van der Waals surface area contributed by atoms with E-state index in [4.69, 9.17) is 74.8 Å². The lowest BCUT2D eigenvalue weighted by atomic mass is 10.1. The van der Waals surface area contributed by atoms with Crippen molar-refractivity contribution in [3.8, 4) is 34.5 Å². The third-order valence-corrected chi connectivity index (χ3v) is 8.73. The first-order valence-corrected chi connectivity index (χ1v) is 15.6. The Morgan fingerprint density at radius 1 is 0.523 bits per heavy atom. The van der Waals surface area contributed by atoms with E-state index in [0.29, 0.717) is 45.6 Å². The number of methoxy groups -OCH3 is 4. The maximum Gasteiger partial charge on any atom is 0.203 e. The number of rotatable bonds is 14. The Balaban J connectivity index is 2.00. The van der Waals surface area contributed by atoms with Crippen molar-refractivity contribution in [3.05, 3.63) is 66.6 Å². The van der Waals surface area contributed by atoms with Gasteiger partial charge in [0.15, 0.2) is 23.0 Å². The first kappa shape index (κ1) is 35.6. The summed E-state index contributed by atoms with van der Waals surface area (Å²) in [6.45, 7) is 8.05. The number of ether oxygens (including phenoxy) is 6. The Hall–Kier alpha value is -2.90. The molecule has 3 rings (SSSR count). The minimum Gasteiger partial charge on any atom is -0.493 e. The van der Waals surface area contributed by atoms with E-state index in [2.05, 4.69) is 0 Å². The number of hydrogen-bond acceptors (Lipinski definition) is 6. The van der Waals surface area contributed by atoms with Crippen molar-refractivity contribution in [1.29, 1.82) is 0 Å². The highest BCUT2D eigenvalue weighted by molar-refractivity contribution is 6.50. The predicted molar refractivity (Wildman–Crippen MR) is 184 cm³/mol. The summed E-state index contributed by atoms with van der Waals surface area (Å²) in [5.41, 5.74) is 2.46. The quantitative estimate of drug-likeness (QED) is 0.124. The van der Waals surface area contributed by atoms with Gasteiger partial charge in [-0.05, 0) is 62.1 Å². The SMILES string of the molecule is CCC(C)Oc1c(OC)cc(C=Cc2c(Cl)c(Cl)c(C=Cc3cc(OC)c(OC(C)CC)c(OC)c3)c(Cl)c2Cl)cc1OC. The van der Waals surface area contributed by atoms with E-state index in [9.17, 15) is 0 Å². The molecule has 6 nitrogen and oxygen atoms in total. The second-order valence-electron chi connectivity index (χ2n) is 9.93. The van der Waals surface area contributed by atoms with Gasteiger partial charge in [-0.15, -0.1) is 0 Å². The molecule has 44 heavy (non-hydrogen) atoms. The molecule has 0 fully saturated rings. The zero-order valence-corrected chi connectivity index (χ0v) is 29.2. The van der Waals surface area contributed by atoms with Gasteiger partial charge >= 0.3 is 0 Å². The fraction of sp³-hybridized carbons (Fsp3) is 0.353. The van der Waals surface area contributed by atoms with Gasteiger partial charge < -0.3 is 28.4 Å². The van der Waals surface area contributed by atoms with Crippen LogP contribution < -0.4 is 28.4 Å². The Bertz CT molecular complexity index is 1330. The van der Waals surface area contributed by atoms with Crippen LogP contribution in [0.1, 0.15) is 62.8 Å². The van der Waals surface area contributed by atoms with Crippen molar-refractivity contribution in [1.82, 2.24) is 0 Å². The van der Waals surface area contributed by atoms with E-state index < -0.39 is 0 Å². The van der Waals surface area contributed by atoms with Crippen molar-refractivity contribution >= 4 is 70.7 Å². The molecule has 0 N–H and O–H groups in total. The Morgan fingerprint density at radius 2 is 0.795 bits per heavy atom. The van der Waals surface area contributed by atoms with Crippen LogP contribution >= 0.6 is 46.4 Å². The monoisotopic (exact) mass is 682 g/mol. The first-order valence-electron chi connectivity index (χ1n) is 14.1. The van der Waals surface area contributed by atoms with Crippen LogP contribution in [0.4, 0.5) is 0 Å². The third kappa shape index (κ3) is 8.22. The van der Waals surface area contributed by atoms with Gasteiger partial charge in [-0.25, -0.2) is 0 Å². The molecule has 0 spiro atoms. The van der Waals surface area contributed by atoms with E-state index in [1.54, 1.807) is 40.6 Å². The molecule has 2 unspecified atom stereocenters. The van der Waals surface area contributed by atoms with Crippen LogP contribution in [-0.4, -0.2) is 40.6 Å². The highest BCUT2D eigenvalue weighted by atomic mass is 35.5. The summed E-state index contributed by atoms with van der Waals surface area (Å²) in [5.74, 6) is 3.20. The van der Waals surface area contributed by atoms with Crippen molar-refractivity contribution in [2.24, 2.45) is 0 Å². The summed E-state index contributed by atoms with van der Waals surface area (Å²) in [6.07, 6.45) is 8.75. The van der Waals surface area contributed by atoms with Gasteiger partial charge in [0.25, 0.3) is 0 Å². The van der Waals surface area contributed by atoms with E-state index in [0.717, 1.165) is 24.0 Å². The summed E-state index contributed by atoms with van der Waals surface area (Å²) in [5, 5.41) is 1.00. The molecule has 0 saturated heterocycles. The number of hydrogen-bond donors (Lipinski definition) is 0. The zero-order chi connectivity index (χ0) is 32.6. The molecule has 0 saturated carbocycles. The van der Waals surface area contributed by atoms with Crippen LogP contribution in [0.25, 0.3) is 24.3 Å². The van der Waals surface area contributed by atoms with Crippen molar-refractivity contribution in [2.75, 3.05) is 28.4 Å². The second kappa shape index (κ2) is 16.4. The topological polar surface area (TPSA) is 55.4 Å². The molecule has 238 valence electrons. The first-order chi connectivity index (χ1) is 21.0. The molecule has 3 aromatic rings. The van der Waals surface area contributed by atoms with Crippen molar-refractivity contribution in [2.45, 2.75) is 52.7 Å². The van der Waals surface area contributed by atoms with Gasteiger partial charge in [0.1, 0.15) is 0 Å². The maximum absolute atomic E-state index is 6.73. The number of benzene rings is 3. The molecule has 0 amide bonds. The van der Waals surface area contributed by atoms with Crippen LogP contribution in [0.5, 0.6) is 34.5 Å². The lowest BCUT2D eigenvalue weighted by molar-refractivity contribution is 0.198. The maximum atomic E-state index is 6.73. The van der Waals surface area contributed by atoms with Gasteiger partial charge in [0, 0.05) is 11.1 Å². The minimum atomic E-state index is -0.0132. The molecule has 0 aliphatic rings. The highest BCUT2D eigenvalue weighted by Crippen LogP contribution is 2.45. The summed E-state index contributed by atoms with van der Waals surface area (Å²) in [7, 11) is 6.30. The van der Waals surface area contributed by atoms with Gasteiger partial charge in [-0.3, -0.25) is 0 Å². The van der Waals surface area contributed by atoms with Crippen LogP contribution in [0.15, 0.2) is 24.3 Å². The van der Waals surface area contributed by atoms with Gasteiger partial charge in [0.05, 0.1) is 60.7 Å². The summed E-state index contributed by atoms with van der Waals surface area (Å²) in [6, 6.07) is 7.34. The zero-order valence-electron chi connectivity index (χ0n) is 26.1. The van der Waals surface area contributed by atoms with Crippen molar-refractivity contribution < 1.29 is 28.4 Å². The number of halogens is 4. The summed E-state index contributed by atoms with van der Waals surface area (Å²) < 4.78 is 34.4. The average Bonchev–Trinajstić information content (AvgIpc) is 3.03. The highest BCUT2D eigenvalue weighted by Gasteiger charge is 2.20. The molecule has 2 atom stereocenters. The molecule has 3 aromatic carbocycles. The van der Waals surface area contributed by atoms with E-state index >= 15 is 0 Å². The second-order valence-corrected chi connectivity index (χ2v) is 11.4. The van der Waals surface area contributed by atoms with Gasteiger partial charge in [-0.1, -0.05) is 84.6 Å². The smallest absolute Gasteiger partial charge is 0.203 e. The molecular formula is C34H38Cl4O6. The van der Waals surface area contributed by atoms with E-state index in [1.807, 2.05) is 64.1 Å². The van der Waals surface area contributed by atoms with Crippen LogP contribution in [0, 0.1) is 0 Å². The molecule has 10 heteroatoms. The van der Waals surface area contributed by atoms with Gasteiger partial charge in [0.2, 0.25) is 11.5 Å². The predicted octanol–water partition coefficient (Wildman–Crippen LogP) is 11.0. The molecule has 0 heterocycles. The Morgan fingerprint density at radius 3 is 1.02 bits per heavy atom. The largest absolute Gasteiger partial charge is 0.493 e. The van der Waals surface area contributed by atoms with E-state index in [-0.39, 0.29) is 32.3 Å². The Labute approximate surface area is 280 Å². The van der Waals surface area contributed by atoms with E-state index in [1.165, 1.54) is 0 Å². The van der Waals surface area contributed by atoms with Crippen LogP contribution in [-0.2, 0) is 0 Å². The summed E-state index contributed by atoms with van der Waals surface area (Å²) >= 11 is 26.9. The lowest BCUT2D eigenvalue weighted by Gasteiger charge is -2.19. The normalized spacial score (nSPS) is 12.8. The molecule has 0 bridgehead atoms. The lowest BCUT2D eigenvalue weighted by Crippen LogP contribution is -2.11. The minimum absolute atomic E-state index is 0.0132. The molecule has 0 aromatic heterocycles. The standard InChI is InChI=1S/C34H38Cl4O6/c1-9-19(3)43-33-25(39-5)15-21(16-26(33)40-6)11-13-23-29(35)31(37)24(32(38)30(23)36)14-12-22-17-27(41-7)34(28(18-22)42-8)44-20(4)10-2/h11-20H,9-10H2,1-8H3. The molecular weight excluding hydrogens is 646 g/mol. The average molecular weight is 684 g/mol. The molecule has 0 radical (unpaired) electrons. The third-order valence-electron chi connectivity index (χ3n) is 6.97. The van der Waals surface area contributed by atoms with Crippen LogP contribution in [0.2, 0.25) is 20.1 Å². The molecule has 0 aliphatic heterocycles. The fourth-order valence-electron chi connectivity index (χ4n) is 4.11. The Kier molecular flexibility index (Phi) is 13.3.